The fraction of sp³-hybridized carbons (Fsp3) is 0.870. The highest BCUT2D eigenvalue weighted by Gasteiger charge is 2.52. The van der Waals surface area contributed by atoms with Crippen LogP contribution in [0.4, 0.5) is 0 Å². The molecule has 7 atom stereocenters. The lowest BCUT2D eigenvalue weighted by Crippen LogP contribution is -2.56. The summed E-state index contributed by atoms with van der Waals surface area (Å²) in [5.74, 6) is 1.05. The second-order valence-corrected chi connectivity index (χ2v) is 9.61. The van der Waals surface area contributed by atoms with Gasteiger partial charge in [0, 0.05) is 39.5 Å². The van der Waals surface area contributed by atoms with Crippen molar-refractivity contribution in [1.29, 1.82) is 0 Å². The van der Waals surface area contributed by atoms with Crippen molar-refractivity contribution in [3.05, 3.63) is 11.6 Å². The fourth-order valence-corrected chi connectivity index (χ4v) is 5.91. The van der Waals surface area contributed by atoms with Crippen molar-refractivity contribution >= 4 is 5.97 Å². The highest BCUT2D eigenvalue weighted by Crippen LogP contribution is 2.51. The molecule has 160 valence electrons. The summed E-state index contributed by atoms with van der Waals surface area (Å²) in [5, 5.41) is 11.7. The summed E-state index contributed by atoms with van der Waals surface area (Å²) in [6.07, 6.45) is 7.35. The maximum Gasteiger partial charge on any atom is 0.303 e. The van der Waals surface area contributed by atoms with E-state index in [-0.39, 0.29) is 23.9 Å². The number of ether oxygens (including phenoxy) is 2. The van der Waals surface area contributed by atoms with Gasteiger partial charge in [-0.1, -0.05) is 19.9 Å². The summed E-state index contributed by atoms with van der Waals surface area (Å²) in [7, 11) is 1.81. The molecule has 0 aromatic rings. The highest BCUT2D eigenvalue weighted by atomic mass is 16.5. The Balaban J connectivity index is 1.75. The smallest absolute Gasteiger partial charge is 0.303 e. The third-order valence-corrected chi connectivity index (χ3v) is 7.67. The molecular weight excluding hydrogens is 354 g/mol. The third-order valence-electron chi connectivity index (χ3n) is 7.67. The van der Waals surface area contributed by atoms with E-state index in [4.69, 9.17) is 9.47 Å². The van der Waals surface area contributed by atoms with E-state index >= 15 is 0 Å². The van der Waals surface area contributed by atoms with E-state index in [1.165, 1.54) is 13.3 Å². The molecule has 5 nitrogen and oxygen atoms in total. The van der Waals surface area contributed by atoms with Crippen LogP contribution < -0.4 is 0 Å². The number of nitrogens with zero attached hydrogens (tertiary/aromatic N) is 1. The van der Waals surface area contributed by atoms with Crippen LogP contribution in [-0.2, 0) is 14.3 Å². The molecule has 1 saturated heterocycles. The monoisotopic (exact) mass is 393 g/mol. The minimum absolute atomic E-state index is 0.140. The van der Waals surface area contributed by atoms with Crippen molar-refractivity contribution in [1.82, 2.24) is 4.90 Å². The number of hydrogen-bond donors (Lipinski definition) is 1. The van der Waals surface area contributed by atoms with Crippen molar-refractivity contribution in [2.75, 3.05) is 26.7 Å². The lowest BCUT2D eigenvalue weighted by Gasteiger charge is -2.53. The van der Waals surface area contributed by atoms with Crippen LogP contribution in [0.5, 0.6) is 0 Å². The Morgan fingerprint density at radius 1 is 1.39 bits per heavy atom. The average molecular weight is 394 g/mol. The summed E-state index contributed by atoms with van der Waals surface area (Å²) in [6, 6.07) is 0. The van der Waals surface area contributed by atoms with Crippen molar-refractivity contribution < 1.29 is 19.4 Å². The van der Waals surface area contributed by atoms with Gasteiger partial charge in [0.1, 0.15) is 6.10 Å². The van der Waals surface area contributed by atoms with E-state index in [1.54, 1.807) is 0 Å². The first-order valence-corrected chi connectivity index (χ1v) is 11.1. The minimum atomic E-state index is -0.784. The molecule has 2 fully saturated rings. The predicted molar refractivity (Wildman–Crippen MR) is 110 cm³/mol. The average Bonchev–Trinajstić information content (AvgIpc) is 2.64. The molecule has 0 aromatic carbocycles. The molecule has 5 heteroatoms. The summed E-state index contributed by atoms with van der Waals surface area (Å²) >= 11 is 0. The SMILES string of the molecule is CO[C@@H]1CCCN(C[C@@H](C)[C@@H]2CC[C@@H](C)[C@]3(O)C[C@@H](OC(C)=O)C(C)=C[C@H]23)C1. The Morgan fingerprint density at radius 2 is 2.14 bits per heavy atom. The Kier molecular flexibility index (Phi) is 6.88. The van der Waals surface area contributed by atoms with Crippen LogP contribution >= 0.6 is 0 Å². The summed E-state index contributed by atoms with van der Waals surface area (Å²) < 4.78 is 11.1. The number of carbonyl (C=O) groups excluding carboxylic acids is 1. The molecule has 0 aromatic heterocycles. The lowest BCUT2D eigenvalue weighted by molar-refractivity contribution is -0.159. The maximum absolute atomic E-state index is 11.7. The van der Waals surface area contributed by atoms with Gasteiger partial charge < -0.3 is 19.5 Å². The largest absolute Gasteiger partial charge is 0.458 e. The zero-order chi connectivity index (χ0) is 20.5. The number of piperidine rings is 1. The van der Waals surface area contributed by atoms with Gasteiger partial charge in [-0.3, -0.25) is 4.79 Å². The van der Waals surface area contributed by atoms with Crippen molar-refractivity contribution in [3.8, 4) is 0 Å². The Morgan fingerprint density at radius 3 is 2.82 bits per heavy atom. The molecule has 1 saturated carbocycles. The van der Waals surface area contributed by atoms with E-state index in [9.17, 15) is 9.90 Å². The molecule has 0 amide bonds. The molecule has 2 aliphatic carbocycles. The summed E-state index contributed by atoms with van der Waals surface area (Å²) in [4.78, 5) is 14.0. The minimum Gasteiger partial charge on any atom is -0.458 e. The van der Waals surface area contributed by atoms with Gasteiger partial charge in [0.05, 0.1) is 11.7 Å². The first-order valence-electron chi connectivity index (χ1n) is 11.1. The first kappa shape index (κ1) is 21.8. The molecule has 3 aliphatic rings. The van der Waals surface area contributed by atoms with Crippen LogP contribution in [-0.4, -0.2) is 60.5 Å². The van der Waals surface area contributed by atoms with Gasteiger partial charge in [-0.2, -0.15) is 0 Å². The van der Waals surface area contributed by atoms with E-state index in [2.05, 4.69) is 24.8 Å². The quantitative estimate of drug-likeness (QED) is 0.573. The molecule has 1 heterocycles. The van der Waals surface area contributed by atoms with Crippen LogP contribution in [0.3, 0.4) is 0 Å². The second-order valence-electron chi connectivity index (χ2n) is 9.61. The van der Waals surface area contributed by atoms with Gasteiger partial charge in [-0.05, 0) is 62.5 Å². The van der Waals surface area contributed by atoms with Gasteiger partial charge >= 0.3 is 5.97 Å². The Hall–Kier alpha value is -0.910. The molecule has 0 radical (unpaired) electrons. The second kappa shape index (κ2) is 8.85. The zero-order valence-corrected chi connectivity index (χ0v) is 18.3. The zero-order valence-electron chi connectivity index (χ0n) is 18.3. The van der Waals surface area contributed by atoms with Gasteiger partial charge in [0.15, 0.2) is 0 Å². The summed E-state index contributed by atoms with van der Waals surface area (Å²) in [6.45, 7) is 11.2. The summed E-state index contributed by atoms with van der Waals surface area (Å²) in [5.41, 5.74) is 0.307. The van der Waals surface area contributed by atoms with Crippen LogP contribution in [0.15, 0.2) is 11.6 Å². The van der Waals surface area contributed by atoms with Crippen molar-refractivity contribution in [3.63, 3.8) is 0 Å². The topological polar surface area (TPSA) is 59.0 Å². The number of aliphatic hydroxyl groups is 1. The van der Waals surface area contributed by atoms with Crippen LogP contribution in [0.1, 0.15) is 59.8 Å². The van der Waals surface area contributed by atoms with E-state index < -0.39 is 5.60 Å². The third kappa shape index (κ3) is 4.47. The molecule has 0 bridgehead atoms. The predicted octanol–water partition coefficient (Wildman–Crippen LogP) is 3.41. The molecular formula is C23H39NO4. The molecule has 0 unspecified atom stereocenters. The maximum atomic E-state index is 11.7. The number of fused-ring (bicyclic) bond motifs is 1. The molecule has 28 heavy (non-hydrogen) atoms. The van der Waals surface area contributed by atoms with Crippen molar-refractivity contribution in [2.45, 2.75) is 77.6 Å². The van der Waals surface area contributed by atoms with Crippen LogP contribution in [0, 0.1) is 23.7 Å². The van der Waals surface area contributed by atoms with Crippen molar-refractivity contribution in [2.24, 2.45) is 23.7 Å². The Labute approximate surface area is 170 Å². The standard InChI is InChI=1S/C23H39NO4/c1-15-11-21-20(16(2)13-24-10-6-7-19(14-24)27-5)9-8-17(3)23(21,26)12-22(15)28-18(4)25/h11,16-17,19-22,26H,6-10,12-14H2,1-5H3/t16-,17-,19-,20+,21-,22-,23-/m1/s1. The molecule has 1 N–H and O–H groups in total. The number of esters is 1. The molecule has 3 rings (SSSR count). The highest BCUT2D eigenvalue weighted by molar-refractivity contribution is 5.66. The lowest BCUT2D eigenvalue weighted by atomic mass is 9.57. The number of carbonyl (C=O) groups is 1. The van der Waals surface area contributed by atoms with E-state index in [0.717, 1.165) is 44.5 Å². The molecule has 0 spiro atoms. The molecule has 1 aliphatic heterocycles. The van der Waals surface area contributed by atoms with Crippen LogP contribution in [0.2, 0.25) is 0 Å². The number of rotatable bonds is 5. The van der Waals surface area contributed by atoms with E-state index in [1.807, 2.05) is 14.0 Å². The number of likely N-dealkylation sites (tertiary alicyclic amines) is 1. The van der Waals surface area contributed by atoms with Gasteiger partial charge in [0.2, 0.25) is 0 Å². The van der Waals surface area contributed by atoms with Gasteiger partial charge in [-0.15, -0.1) is 0 Å². The Bertz CT molecular complexity index is 591. The van der Waals surface area contributed by atoms with Gasteiger partial charge in [-0.25, -0.2) is 0 Å². The number of hydrogen-bond acceptors (Lipinski definition) is 5. The fourth-order valence-electron chi connectivity index (χ4n) is 5.91. The van der Waals surface area contributed by atoms with Crippen LogP contribution in [0.25, 0.3) is 0 Å². The van der Waals surface area contributed by atoms with E-state index in [0.29, 0.717) is 24.4 Å². The number of methoxy groups -OCH3 is 1. The van der Waals surface area contributed by atoms with Gasteiger partial charge in [0.25, 0.3) is 0 Å². The first-order chi connectivity index (χ1) is 13.2. The normalized spacial score (nSPS) is 40.4.